The lowest BCUT2D eigenvalue weighted by molar-refractivity contribution is -0.133. The Hall–Kier alpha value is -2.30. The predicted molar refractivity (Wildman–Crippen MR) is 53.3 cm³/mol. The molecular formula is C10H9NO4. The van der Waals surface area contributed by atoms with Crippen LogP contribution in [-0.4, -0.2) is 17.0 Å². The third-order valence-corrected chi connectivity index (χ3v) is 1.46. The SMILES string of the molecule is Nc1ccc(OC(=O)/C=C/C(=O)O)cc1. The molecule has 0 fully saturated rings. The third-order valence-electron chi connectivity index (χ3n) is 1.46. The van der Waals surface area contributed by atoms with Crippen molar-refractivity contribution in [3.05, 3.63) is 36.4 Å². The molecule has 1 aromatic carbocycles. The highest BCUT2D eigenvalue weighted by Gasteiger charge is 2.00. The van der Waals surface area contributed by atoms with E-state index in [1.807, 2.05) is 0 Å². The van der Waals surface area contributed by atoms with Crippen LogP contribution in [0.2, 0.25) is 0 Å². The predicted octanol–water partition coefficient (Wildman–Crippen LogP) is 0.815. The minimum absolute atomic E-state index is 0.309. The smallest absolute Gasteiger partial charge is 0.336 e. The van der Waals surface area contributed by atoms with Crippen LogP contribution in [-0.2, 0) is 9.59 Å². The molecule has 0 aliphatic rings. The zero-order valence-electron chi connectivity index (χ0n) is 7.71. The molecule has 78 valence electrons. The van der Waals surface area contributed by atoms with Crippen molar-refractivity contribution in [1.29, 1.82) is 0 Å². The van der Waals surface area contributed by atoms with Gasteiger partial charge in [0, 0.05) is 17.8 Å². The average Bonchev–Trinajstić information content (AvgIpc) is 2.19. The molecule has 5 heteroatoms. The zero-order chi connectivity index (χ0) is 11.3. The number of benzene rings is 1. The van der Waals surface area contributed by atoms with Crippen molar-refractivity contribution in [3.63, 3.8) is 0 Å². The fourth-order valence-corrected chi connectivity index (χ4v) is 0.825. The lowest BCUT2D eigenvalue weighted by Gasteiger charge is -2.00. The van der Waals surface area contributed by atoms with Crippen molar-refractivity contribution in [2.24, 2.45) is 0 Å². The number of carbonyl (C=O) groups is 2. The van der Waals surface area contributed by atoms with Gasteiger partial charge in [-0.2, -0.15) is 0 Å². The number of carbonyl (C=O) groups excluding carboxylic acids is 1. The van der Waals surface area contributed by atoms with E-state index in [1.165, 1.54) is 12.1 Å². The van der Waals surface area contributed by atoms with Crippen molar-refractivity contribution in [1.82, 2.24) is 0 Å². The quantitative estimate of drug-likeness (QED) is 0.331. The van der Waals surface area contributed by atoms with Gasteiger partial charge in [0.2, 0.25) is 0 Å². The number of esters is 1. The standard InChI is InChI=1S/C10H9NO4/c11-7-1-3-8(4-2-7)15-10(14)6-5-9(12)13/h1-6H,11H2,(H,12,13)/b6-5+. The van der Waals surface area contributed by atoms with E-state index in [4.69, 9.17) is 15.6 Å². The molecule has 3 N–H and O–H groups in total. The lowest BCUT2D eigenvalue weighted by atomic mass is 10.3. The van der Waals surface area contributed by atoms with Gasteiger partial charge in [-0.05, 0) is 24.3 Å². The van der Waals surface area contributed by atoms with Gasteiger partial charge in [-0.15, -0.1) is 0 Å². The number of carboxylic acids is 1. The Balaban J connectivity index is 2.59. The molecule has 0 saturated heterocycles. The fraction of sp³-hybridized carbons (Fsp3) is 0. The second-order valence-corrected chi connectivity index (χ2v) is 2.66. The van der Waals surface area contributed by atoms with Crippen molar-refractivity contribution in [2.75, 3.05) is 5.73 Å². The maximum absolute atomic E-state index is 11.0. The summed E-state index contributed by atoms with van der Waals surface area (Å²) in [5.41, 5.74) is 5.98. The van der Waals surface area contributed by atoms with E-state index < -0.39 is 11.9 Å². The normalized spacial score (nSPS) is 10.1. The van der Waals surface area contributed by atoms with Crippen molar-refractivity contribution < 1.29 is 19.4 Å². The molecule has 0 aromatic heterocycles. The first-order chi connectivity index (χ1) is 7.08. The van der Waals surface area contributed by atoms with E-state index in [9.17, 15) is 9.59 Å². The van der Waals surface area contributed by atoms with Crippen LogP contribution < -0.4 is 10.5 Å². The van der Waals surface area contributed by atoms with Crippen molar-refractivity contribution in [2.45, 2.75) is 0 Å². The number of rotatable bonds is 3. The van der Waals surface area contributed by atoms with Crippen LogP contribution in [0.15, 0.2) is 36.4 Å². The average molecular weight is 207 g/mol. The largest absolute Gasteiger partial charge is 0.478 e. The summed E-state index contributed by atoms with van der Waals surface area (Å²) < 4.78 is 4.78. The number of nitrogens with two attached hydrogens (primary N) is 1. The van der Waals surface area contributed by atoms with Crippen molar-refractivity contribution >= 4 is 17.6 Å². The van der Waals surface area contributed by atoms with Crippen molar-refractivity contribution in [3.8, 4) is 5.75 Å². The number of carboxylic acid groups (broad SMARTS) is 1. The summed E-state index contributed by atoms with van der Waals surface area (Å²) in [4.78, 5) is 21.1. The Bertz CT molecular complexity index is 394. The van der Waals surface area contributed by atoms with Crippen LogP contribution >= 0.6 is 0 Å². The molecule has 1 rings (SSSR count). The molecule has 0 spiro atoms. The molecule has 0 unspecified atom stereocenters. The first-order valence-corrected chi connectivity index (χ1v) is 4.06. The highest BCUT2D eigenvalue weighted by molar-refractivity contribution is 5.91. The monoisotopic (exact) mass is 207 g/mol. The Morgan fingerprint density at radius 1 is 1.20 bits per heavy atom. The summed E-state index contributed by atoms with van der Waals surface area (Å²) in [5, 5.41) is 8.25. The molecule has 0 aliphatic carbocycles. The van der Waals surface area contributed by atoms with Crippen LogP contribution in [0, 0.1) is 0 Å². The number of ether oxygens (including phenoxy) is 1. The van der Waals surface area contributed by atoms with Crippen LogP contribution in [0.25, 0.3) is 0 Å². The number of nitrogen functional groups attached to an aromatic ring is 1. The topological polar surface area (TPSA) is 89.6 Å². The highest BCUT2D eigenvalue weighted by Crippen LogP contribution is 2.13. The van der Waals surface area contributed by atoms with Crippen LogP contribution in [0.1, 0.15) is 0 Å². The van der Waals surface area contributed by atoms with Gasteiger partial charge in [0.05, 0.1) is 0 Å². The fourth-order valence-electron chi connectivity index (χ4n) is 0.825. The molecule has 0 aliphatic heterocycles. The zero-order valence-corrected chi connectivity index (χ0v) is 7.71. The van der Waals surface area contributed by atoms with E-state index in [0.29, 0.717) is 17.5 Å². The molecule has 0 heterocycles. The maximum Gasteiger partial charge on any atom is 0.336 e. The Kier molecular flexibility index (Phi) is 3.45. The van der Waals surface area contributed by atoms with Crippen LogP contribution in [0.5, 0.6) is 5.75 Å². The molecule has 0 amide bonds. The number of aliphatic carboxylic acids is 1. The minimum Gasteiger partial charge on any atom is -0.478 e. The molecule has 1 aromatic rings. The molecule has 0 bridgehead atoms. The summed E-state index contributed by atoms with van der Waals surface area (Å²) in [6.45, 7) is 0. The molecule has 0 saturated carbocycles. The Labute approximate surface area is 85.8 Å². The second kappa shape index (κ2) is 4.80. The van der Waals surface area contributed by atoms with Gasteiger partial charge in [-0.25, -0.2) is 9.59 Å². The van der Waals surface area contributed by atoms with Gasteiger partial charge in [0.1, 0.15) is 5.75 Å². The summed E-state index contributed by atoms with van der Waals surface area (Å²) in [5.74, 6) is -1.64. The van der Waals surface area contributed by atoms with Gasteiger partial charge < -0.3 is 15.6 Å². The molecule has 5 nitrogen and oxygen atoms in total. The third kappa shape index (κ3) is 3.95. The Morgan fingerprint density at radius 2 is 1.80 bits per heavy atom. The summed E-state index contributed by atoms with van der Waals surface area (Å²) in [6, 6.07) is 6.18. The molecule has 15 heavy (non-hydrogen) atoms. The molecular weight excluding hydrogens is 198 g/mol. The van der Waals surface area contributed by atoms with Gasteiger partial charge >= 0.3 is 11.9 Å². The van der Waals surface area contributed by atoms with E-state index in [0.717, 1.165) is 6.08 Å². The maximum atomic E-state index is 11.0. The Morgan fingerprint density at radius 3 is 2.33 bits per heavy atom. The summed E-state index contributed by atoms with van der Waals surface area (Å²) >= 11 is 0. The van der Waals surface area contributed by atoms with Gasteiger partial charge in [0.25, 0.3) is 0 Å². The first-order valence-electron chi connectivity index (χ1n) is 4.06. The summed E-state index contributed by atoms with van der Waals surface area (Å²) in [6.07, 6.45) is 1.54. The lowest BCUT2D eigenvalue weighted by Crippen LogP contribution is -2.04. The second-order valence-electron chi connectivity index (χ2n) is 2.66. The van der Waals surface area contributed by atoms with E-state index in [1.54, 1.807) is 12.1 Å². The van der Waals surface area contributed by atoms with Crippen LogP contribution in [0.3, 0.4) is 0 Å². The number of anilines is 1. The van der Waals surface area contributed by atoms with E-state index in [2.05, 4.69) is 0 Å². The van der Waals surface area contributed by atoms with E-state index >= 15 is 0 Å². The molecule has 0 radical (unpaired) electrons. The van der Waals surface area contributed by atoms with Crippen LogP contribution in [0.4, 0.5) is 5.69 Å². The first kappa shape index (κ1) is 10.8. The van der Waals surface area contributed by atoms with Gasteiger partial charge in [-0.3, -0.25) is 0 Å². The number of hydrogen-bond donors (Lipinski definition) is 2. The summed E-state index contributed by atoms with van der Waals surface area (Å²) in [7, 11) is 0. The van der Waals surface area contributed by atoms with Gasteiger partial charge in [0.15, 0.2) is 0 Å². The molecule has 0 atom stereocenters. The minimum atomic E-state index is -1.20. The van der Waals surface area contributed by atoms with Gasteiger partial charge in [-0.1, -0.05) is 0 Å². The highest BCUT2D eigenvalue weighted by atomic mass is 16.5. The number of hydrogen-bond acceptors (Lipinski definition) is 4. The van der Waals surface area contributed by atoms with E-state index in [-0.39, 0.29) is 0 Å².